The van der Waals surface area contributed by atoms with Gasteiger partial charge in [0.2, 0.25) is 0 Å². The van der Waals surface area contributed by atoms with Crippen molar-refractivity contribution in [2.75, 3.05) is 0 Å². The number of allylic oxidation sites excluding steroid dienone is 1. The van der Waals surface area contributed by atoms with Gasteiger partial charge in [-0.05, 0) is 11.6 Å². The number of nitrogens with one attached hydrogen (secondary N) is 1. The van der Waals surface area contributed by atoms with Crippen LogP contribution in [0.2, 0.25) is 0 Å². The maximum atomic E-state index is 11.6. The molecule has 1 aromatic rings. The van der Waals surface area contributed by atoms with E-state index in [1.165, 1.54) is 12.2 Å². The van der Waals surface area contributed by atoms with Gasteiger partial charge in [-0.15, -0.1) is 0 Å². The first-order valence-electron chi connectivity index (χ1n) is 4.94. The molecule has 1 N–H and O–H groups in total. The zero-order valence-electron chi connectivity index (χ0n) is 9.11. The summed E-state index contributed by atoms with van der Waals surface area (Å²) in [6.07, 6.45) is 2.78. The van der Waals surface area contributed by atoms with E-state index >= 15 is 0 Å². The van der Waals surface area contributed by atoms with Gasteiger partial charge in [0, 0.05) is 6.08 Å². The molecule has 0 bridgehead atoms. The van der Waals surface area contributed by atoms with Crippen LogP contribution in [0.1, 0.15) is 11.6 Å². The summed E-state index contributed by atoms with van der Waals surface area (Å²) in [7, 11) is 0. The molecule has 0 aromatic heterocycles. The van der Waals surface area contributed by atoms with E-state index < -0.39 is 15.7 Å². The first-order valence-corrected chi connectivity index (χ1v) is 6.07. The first-order chi connectivity index (χ1) is 8.45. The minimum atomic E-state index is -2.03. The number of benzene rings is 1. The van der Waals surface area contributed by atoms with E-state index in [2.05, 4.69) is 5.32 Å². The van der Waals surface area contributed by atoms with Crippen LogP contribution in [0.15, 0.2) is 42.5 Å². The highest BCUT2D eigenvalue weighted by Gasteiger charge is 2.31. The fraction of sp³-hybridized carbons (Fsp3) is 0.167. The van der Waals surface area contributed by atoms with E-state index in [4.69, 9.17) is 40.1 Å². The fourth-order valence-corrected chi connectivity index (χ4v) is 1.43. The second-order valence-corrected chi connectivity index (χ2v) is 5.63. The van der Waals surface area contributed by atoms with Crippen molar-refractivity contribution in [3.05, 3.63) is 48.0 Å². The summed E-state index contributed by atoms with van der Waals surface area (Å²) in [5.41, 5.74) is 0.784. The van der Waals surface area contributed by atoms with Gasteiger partial charge in [0.05, 0.1) is 12.1 Å². The molecule has 0 radical (unpaired) electrons. The van der Waals surface area contributed by atoms with Gasteiger partial charge in [0.15, 0.2) is 0 Å². The minimum absolute atomic E-state index is 0.519. The van der Waals surface area contributed by atoms with Crippen molar-refractivity contribution in [1.82, 2.24) is 5.32 Å². The summed E-state index contributed by atoms with van der Waals surface area (Å²) < 4.78 is -2.03. The summed E-state index contributed by atoms with van der Waals surface area (Å²) in [6, 6.07) is 10.4. The molecule has 3 nitrogen and oxygen atoms in total. The van der Waals surface area contributed by atoms with Crippen molar-refractivity contribution in [2.24, 2.45) is 0 Å². The Labute approximate surface area is 120 Å². The first kappa shape index (κ1) is 14.8. The van der Waals surface area contributed by atoms with Crippen molar-refractivity contribution >= 4 is 40.7 Å². The van der Waals surface area contributed by atoms with E-state index in [1.807, 2.05) is 24.3 Å². The number of carbonyl (C=O) groups excluding carboxylic acids is 1. The van der Waals surface area contributed by atoms with Gasteiger partial charge < -0.3 is 5.32 Å². The Morgan fingerprint density at radius 2 is 1.94 bits per heavy atom. The molecule has 0 heterocycles. The van der Waals surface area contributed by atoms with E-state index in [1.54, 1.807) is 12.1 Å². The van der Waals surface area contributed by atoms with Crippen molar-refractivity contribution in [3.8, 4) is 6.07 Å². The Kier molecular flexibility index (Phi) is 5.49. The number of rotatable bonds is 3. The lowest BCUT2D eigenvalue weighted by Crippen LogP contribution is -2.36. The van der Waals surface area contributed by atoms with E-state index in [0.717, 1.165) is 5.56 Å². The predicted octanol–water partition coefficient (Wildman–Crippen LogP) is 3.29. The molecule has 1 atom stereocenters. The topological polar surface area (TPSA) is 52.9 Å². The lowest BCUT2D eigenvalue weighted by Gasteiger charge is -2.18. The average molecular weight is 304 g/mol. The monoisotopic (exact) mass is 302 g/mol. The third-order valence-electron chi connectivity index (χ3n) is 2.07. The quantitative estimate of drug-likeness (QED) is 0.688. The van der Waals surface area contributed by atoms with Crippen LogP contribution in [-0.4, -0.2) is 9.70 Å². The van der Waals surface area contributed by atoms with Gasteiger partial charge in [-0.1, -0.05) is 65.1 Å². The minimum Gasteiger partial charge on any atom is -0.342 e. The SMILES string of the molecule is N#C/C=C/C(NC(=O)C(Cl)(Cl)Cl)c1ccccc1. The summed E-state index contributed by atoms with van der Waals surface area (Å²) >= 11 is 16.4. The molecule has 0 aliphatic rings. The molecular weight excluding hydrogens is 295 g/mol. The Bertz CT molecular complexity index is 474. The van der Waals surface area contributed by atoms with Crippen molar-refractivity contribution in [3.63, 3.8) is 0 Å². The number of nitrogens with zero attached hydrogens (tertiary/aromatic N) is 1. The molecule has 0 spiro atoms. The normalized spacial score (nSPS) is 13.0. The zero-order valence-corrected chi connectivity index (χ0v) is 11.4. The van der Waals surface area contributed by atoms with Crippen molar-refractivity contribution < 1.29 is 4.79 Å². The molecule has 1 amide bonds. The van der Waals surface area contributed by atoms with Crippen LogP contribution in [0.5, 0.6) is 0 Å². The average Bonchev–Trinajstić information content (AvgIpc) is 2.34. The van der Waals surface area contributed by atoms with Gasteiger partial charge in [-0.25, -0.2) is 0 Å². The van der Waals surface area contributed by atoms with Crippen molar-refractivity contribution in [2.45, 2.75) is 9.83 Å². The number of amides is 1. The summed E-state index contributed by atoms with van der Waals surface area (Å²) in [4.78, 5) is 11.6. The highest BCUT2D eigenvalue weighted by molar-refractivity contribution is 6.76. The number of hydrogen-bond donors (Lipinski definition) is 1. The number of halogens is 3. The Morgan fingerprint density at radius 3 is 2.44 bits per heavy atom. The van der Waals surface area contributed by atoms with Gasteiger partial charge in [0.1, 0.15) is 0 Å². The number of hydrogen-bond acceptors (Lipinski definition) is 2. The largest absolute Gasteiger partial charge is 0.342 e. The number of carbonyl (C=O) groups is 1. The maximum absolute atomic E-state index is 11.6. The van der Waals surface area contributed by atoms with Crippen LogP contribution in [0.25, 0.3) is 0 Å². The molecule has 0 aliphatic heterocycles. The summed E-state index contributed by atoms with van der Waals surface area (Å²) in [5, 5.41) is 11.1. The lowest BCUT2D eigenvalue weighted by molar-refractivity contribution is -0.120. The molecule has 0 saturated heterocycles. The molecule has 18 heavy (non-hydrogen) atoms. The summed E-state index contributed by atoms with van der Waals surface area (Å²) in [5.74, 6) is -0.746. The fourth-order valence-electron chi connectivity index (χ4n) is 1.27. The lowest BCUT2D eigenvalue weighted by atomic mass is 10.1. The second-order valence-electron chi connectivity index (χ2n) is 3.35. The van der Waals surface area contributed by atoms with Crippen LogP contribution in [0.4, 0.5) is 0 Å². The van der Waals surface area contributed by atoms with Crippen LogP contribution in [-0.2, 0) is 4.79 Å². The molecule has 0 fully saturated rings. The van der Waals surface area contributed by atoms with Crippen LogP contribution < -0.4 is 5.32 Å². The van der Waals surface area contributed by atoms with E-state index in [0.29, 0.717) is 0 Å². The molecule has 1 aromatic carbocycles. The van der Waals surface area contributed by atoms with E-state index in [-0.39, 0.29) is 0 Å². The number of alkyl halides is 3. The highest BCUT2D eigenvalue weighted by Crippen LogP contribution is 2.27. The predicted molar refractivity (Wildman–Crippen MR) is 72.4 cm³/mol. The number of nitriles is 1. The van der Waals surface area contributed by atoms with Crippen LogP contribution >= 0.6 is 34.8 Å². The Morgan fingerprint density at radius 1 is 1.33 bits per heavy atom. The highest BCUT2D eigenvalue weighted by atomic mass is 35.6. The molecular formula is C12H9Cl3N2O. The standard InChI is InChI=1S/C12H9Cl3N2O/c13-12(14,15)11(18)17-10(7-4-8-16)9-5-2-1-3-6-9/h1-7,10H,(H,17,18)/b7-4+. The smallest absolute Gasteiger partial charge is 0.272 e. The third kappa shape index (κ3) is 4.58. The molecule has 0 saturated carbocycles. The Balaban J connectivity index is 2.91. The summed E-state index contributed by atoms with van der Waals surface area (Å²) in [6.45, 7) is 0. The van der Waals surface area contributed by atoms with Crippen LogP contribution in [0.3, 0.4) is 0 Å². The molecule has 1 rings (SSSR count). The van der Waals surface area contributed by atoms with E-state index in [9.17, 15) is 4.79 Å². The molecule has 0 aliphatic carbocycles. The van der Waals surface area contributed by atoms with Gasteiger partial charge in [0.25, 0.3) is 9.70 Å². The zero-order chi connectivity index (χ0) is 13.6. The van der Waals surface area contributed by atoms with Crippen molar-refractivity contribution in [1.29, 1.82) is 5.26 Å². The van der Waals surface area contributed by atoms with Gasteiger partial charge in [-0.2, -0.15) is 5.26 Å². The third-order valence-corrected chi connectivity index (χ3v) is 2.58. The molecule has 1 unspecified atom stereocenters. The van der Waals surface area contributed by atoms with Crippen LogP contribution in [0, 0.1) is 11.3 Å². The Hall–Kier alpha value is -1.21. The molecule has 6 heteroatoms. The second kappa shape index (κ2) is 6.65. The van der Waals surface area contributed by atoms with Gasteiger partial charge >= 0.3 is 0 Å². The molecule has 94 valence electrons. The maximum Gasteiger partial charge on any atom is 0.272 e. The van der Waals surface area contributed by atoms with Gasteiger partial charge in [-0.3, -0.25) is 4.79 Å².